The van der Waals surface area contributed by atoms with Gasteiger partial charge in [-0.3, -0.25) is 0 Å². The molecule has 0 spiro atoms. The number of rotatable bonds is 5. The minimum absolute atomic E-state index is 0.00422. The molecular formula is C17H31N3O5. The van der Waals surface area contributed by atoms with E-state index in [-0.39, 0.29) is 42.2 Å². The molecule has 2 saturated heterocycles. The zero-order chi connectivity index (χ0) is 18.7. The highest BCUT2D eigenvalue weighted by Gasteiger charge is 2.47. The fraction of sp³-hybridized carbons (Fsp3) is 1.00. The van der Waals surface area contributed by atoms with E-state index < -0.39 is 18.6 Å². The first-order valence-electron chi connectivity index (χ1n) is 9.07. The lowest BCUT2D eigenvalue weighted by Crippen LogP contribution is -2.57. The Kier molecular flexibility index (Phi) is 7.08. The minimum atomic E-state index is -1.12. The van der Waals surface area contributed by atoms with Crippen LogP contribution in [0.5, 0.6) is 0 Å². The van der Waals surface area contributed by atoms with Crippen LogP contribution in [0.4, 0.5) is 0 Å². The molecule has 2 rings (SSSR count). The molecule has 0 aromatic rings. The van der Waals surface area contributed by atoms with Gasteiger partial charge in [0.05, 0.1) is 30.5 Å². The molecule has 2 aliphatic rings. The predicted octanol–water partition coefficient (Wildman–Crippen LogP) is 2.85. The van der Waals surface area contributed by atoms with E-state index in [1.54, 1.807) is 7.11 Å². The summed E-state index contributed by atoms with van der Waals surface area (Å²) in [5.74, 6) is 0.112. The summed E-state index contributed by atoms with van der Waals surface area (Å²) in [6.45, 7) is 10.1. The van der Waals surface area contributed by atoms with Gasteiger partial charge in [-0.05, 0) is 24.8 Å². The number of hydrogen-bond acceptors (Lipinski definition) is 6. The normalized spacial score (nSPS) is 48.0. The molecule has 25 heavy (non-hydrogen) atoms. The zero-order valence-electron chi connectivity index (χ0n) is 15.9. The van der Waals surface area contributed by atoms with Crippen LogP contribution in [-0.4, -0.2) is 55.3 Å². The largest absolute Gasteiger partial charge is 0.381 e. The highest BCUT2D eigenvalue weighted by atomic mass is 16.7. The number of hydrogen-bond donors (Lipinski definition) is 1. The van der Waals surface area contributed by atoms with E-state index in [9.17, 15) is 5.11 Å². The van der Waals surface area contributed by atoms with Gasteiger partial charge in [-0.1, -0.05) is 32.8 Å². The van der Waals surface area contributed by atoms with E-state index >= 15 is 0 Å². The first-order chi connectivity index (χ1) is 11.8. The summed E-state index contributed by atoms with van der Waals surface area (Å²) in [7, 11) is 1.71. The van der Waals surface area contributed by atoms with Crippen molar-refractivity contribution in [2.75, 3.05) is 7.11 Å². The standard InChI is InChI=1S/C17H31N3O5/c1-7-12-15(9(3)13(19-20-18)16(21)24-12)25-17-10(4)14(22-6)8(2)11(5)23-17/h8-17,21H,7H2,1-6H3/t8-,9-,10+,11?,12?,13?,14?,15+,16-,17+/m1/s1. The Morgan fingerprint density at radius 1 is 1.08 bits per heavy atom. The van der Waals surface area contributed by atoms with Crippen molar-refractivity contribution in [2.45, 2.75) is 84.1 Å². The van der Waals surface area contributed by atoms with Crippen LogP contribution >= 0.6 is 0 Å². The average Bonchev–Trinajstić information content (AvgIpc) is 2.58. The van der Waals surface area contributed by atoms with Crippen LogP contribution in [0.2, 0.25) is 0 Å². The summed E-state index contributed by atoms with van der Waals surface area (Å²) in [6, 6.07) is -0.689. The maximum absolute atomic E-state index is 10.1. The maximum atomic E-state index is 10.1. The molecule has 0 saturated carbocycles. The molecule has 8 nitrogen and oxygen atoms in total. The molecule has 0 aliphatic carbocycles. The van der Waals surface area contributed by atoms with Crippen molar-refractivity contribution in [2.24, 2.45) is 22.9 Å². The number of nitrogens with zero attached hydrogens (tertiary/aromatic N) is 3. The fourth-order valence-corrected chi connectivity index (χ4v) is 3.99. The third-order valence-electron chi connectivity index (χ3n) is 5.74. The summed E-state index contributed by atoms with van der Waals surface area (Å²) in [4.78, 5) is 2.83. The van der Waals surface area contributed by atoms with Crippen molar-refractivity contribution in [3.05, 3.63) is 10.4 Å². The van der Waals surface area contributed by atoms with E-state index in [1.807, 2.05) is 20.8 Å². The van der Waals surface area contributed by atoms with Crippen molar-refractivity contribution < 1.29 is 24.1 Å². The number of methoxy groups -OCH3 is 1. The van der Waals surface area contributed by atoms with Crippen LogP contribution in [0.15, 0.2) is 5.11 Å². The summed E-state index contributed by atoms with van der Waals surface area (Å²) >= 11 is 0. The van der Waals surface area contributed by atoms with E-state index in [0.717, 1.165) is 0 Å². The first kappa shape index (κ1) is 20.4. The van der Waals surface area contributed by atoms with E-state index in [0.29, 0.717) is 6.42 Å². The average molecular weight is 357 g/mol. The van der Waals surface area contributed by atoms with Gasteiger partial charge in [-0.15, -0.1) is 0 Å². The maximum Gasteiger partial charge on any atom is 0.163 e. The predicted molar refractivity (Wildman–Crippen MR) is 91.6 cm³/mol. The fourth-order valence-electron chi connectivity index (χ4n) is 3.99. The van der Waals surface area contributed by atoms with Crippen LogP contribution in [0.3, 0.4) is 0 Å². The quantitative estimate of drug-likeness (QED) is 0.462. The van der Waals surface area contributed by atoms with Crippen molar-refractivity contribution in [1.29, 1.82) is 0 Å². The molecule has 2 fully saturated rings. The molecule has 4 unspecified atom stereocenters. The van der Waals surface area contributed by atoms with Crippen molar-refractivity contribution in [3.8, 4) is 0 Å². The molecule has 1 N–H and O–H groups in total. The Hall–Kier alpha value is -0.890. The van der Waals surface area contributed by atoms with Crippen molar-refractivity contribution >= 4 is 0 Å². The monoisotopic (exact) mass is 357 g/mol. The highest BCUT2D eigenvalue weighted by molar-refractivity contribution is 4.93. The molecule has 0 aromatic heterocycles. The molecular weight excluding hydrogens is 326 g/mol. The second-order valence-electron chi connectivity index (χ2n) is 7.26. The molecule has 0 radical (unpaired) electrons. The Bertz CT molecular complexity index is 487. The van der Waals surface area contributed by atoms with Gasteiger partial charge in [-0.2, -0.15) is 0 Å². The van der Waals surface area contributed by atoms with Crippen LogP contribution in [0.1, 0.15) is 41.0 Å². The molecule has 144 valence electrons. The van der Waals surface area contributed by atoms with Gasteiger partial charge >= 0.3 is 0 Å². The van der Waals surface area contributed by atoms with Crippen LogP contribution in [-0.2, 0) is 18.9 Å². The van der Waals surface area contributed by atoms with E-state index in [2.05, 4.69) is 23.9 Å². The summed E-state index contributed by atoms with van der Waals surface area (Å²) < 4.78 is 23.7. The van der Waals surface area contributed by atoms with Gasteiger partial charge in [-0.25, -0.2) is 0 Å². The number of ether oxygens (including phenoxy) is 4. The van der Waals surface area contributed by atoms with Gasteiger partial charge in [0.2, 0.25) is 0 Å². The Balaban J connectivity index is 2.18. The zero-order valence-corrected chi connectivity index (χ0v) is 15.9. The SMILES string of the molecule is CCC1O[C@@H](O)C(N=[N+]=[N-])[C@@H](C)[C@@H]1O[C@@H]1OC(C)[C@@H](C)C(OC)[C@@H]1C. The van der Waals surface area contributed by atoms with Gasteiger partial charge in [0.25, 0.3) is 0 Å². The van der Waals surface area contributed by atoms with Crippen molar-refractivity contribution in [3.63, 3.8) is 0 Å². The van der Waals surface area contributed by atoms with Crippen LogP contribution in [0.25, 0.3) is 10.4 Å². The lowest BCUT2D eigenvalue weighted by atomic mass is 9.85. The van der Waals surface area contributed by atoms with Gasteiger partial charge in [0, 0.05) is 23.9 Å². The first-order valence-corrected chi connectivity index (χ1v) is 9.07. The van der Waals surface area contributed by atoms with Gasteiger partial charge in [0.1, 0.15) is 0 Å². The number of aliphatic hydroxyl groups is 1. The molecule has 8 heteroatoms. The highest BCUT2D eigenvalue weighted by Crippen LogP contribution is 2.37. The van der Waals surface area contributed by atoms with E-state index in [1.165, 1.54) is 0 Å². The Labute approximate surface area is 149 Å². The minimum Gasteiger partial charge on any atom is -0.381 e. The summed E-state index contributed by atoms with van der Waals surface area (Å²) in [5, 5.41) is 13.8. The smallest absolute Gasteiger partial charge is 0.163 e. The second-order valence-corrected chi connectivity index (χ2v) is 7.26. The molecule has 0 bridgehead atoms. The Morgan fingerprint density at radius 3 is 2.32 bits per heavy atom. The lowest BCUT2D eigenvalue weighted by Gasteiger charge is -2.47. The van der Waals surface area contributed by atoms with Gasteiger partial charge < -0.3 is 24.1 Å². The van der Waals surface area contributed by atoms with Crippen LogP contribution in [0, 0.1) is 17.8 Å². The third kappa shape index (κ3) is 4.10. The topological polar surface area (TPSA) is 106 Å². The molecule has 0 aromatic carbocycles. The van der Waals surface area contributed by atoms with Crippen LogP contribution < -0.4 is 0 Å². The lowest BCUT2D eigenvalue weighted by molar-refractivity contribution is -0.315. The summed E-state index contributed by atoms with van der Waals surface area (Å²) in [6.07, 6.45) is -1.47. The molecule has 2 aliphatic heterocycles. The number of aliphatic hydroxyl groups excluding tert-OH is 1. The molecule has 10 atom stereocenters. The van der Waals surface area contributed by atoms with Gasteiger partial charge in [0.15, 0.2) is 12.6 Å². The van der Waals surface area contributed by atoms with Crippen molar-refractivity contribution in [1.82, 2.24) is 0 Å². The second kappa shape index (κ2) is 8.66. The third-order valence-corrected chi connectivity index (χ3v) is 5.74. The summed E-state index contributed by atoms with van der Waals surface area (Å²) in [5.41, 5.74) is 8.77. The number of azide groups is 1. The Morgan fingerprint density at radius 2 is 1.76 bits per heavy atom. The van der Waals surface area contributed by atoms with E-state index in [4.69, 9.17) is 24.5 Å². The molecule has 0 amide bonds. The molecule has 2 heterocycles.